The highest BCUT2D eigenvalue weighted by atomic mass is 16.6. The first kappa shape index (κ1) is 22.8. The smallest absolute Gasteiger partial charge is 0.422 e. The molecule has 3 N–H and O–H groups in total. The number of ether oxygens (including phenoxy) is 2. The molecule has 2 aromatic rings. The molecule has 3 atom stereocenters. The van der Waals surface area contributed by atoms with Gasteiger partial charge in [0.1, 0.15) is 12.6 Å². The molecule has 0 aromatic heterocycles. The third-order valence-corrected chi connectivity index (χ3v) is 5.69. The van der Waals surface area contributed by atoms with E-state index in [0.717, 1.165) is 24.0 Å². The maximum Gasteiger partial charge on any atom is 0.422 e. The van der Waals surface area contributed by atoms with E-state index in [2.05, 4.69) is 16.1 Å². The molecule has 4 rings (SSSR count). The van der Waals surface area contributed by atoms with Crippen LogP contribution in [0.5, 0.6) is 0 Å². The molecule has 1 unspecified atom stereocenters. The molecule has 2 heterocycles. The maximum absolute atomic E-state index is 13.0. The zero-order chi connectivity index (χ0) is 23.0. The lowest BCUT2D eigenvalue weighted by Crippen LogP contribution is -2.71. The van der Waals surface area contributed by atoms with Gasteiger partial charge in [0.25, 0.3) is 0 Å². The number of amides is 3. The van der Waals surface area contributed by atoms with Gasteiger partial charge in [0.05, 0.1) is 6.61 Å². The molecule has 3 amide bonds. The van der Waals surface area contributed by atoms with Gasteiger partial charge in [-0.15, -0.1) is 0 Å². The lowest BCUT2D eigenvalue weighted by atomic mass is 10.0. The van der Waals surface area contributed by atoms with E-state index in [1.165, 1.54) is 0 Å². The van der Waals surface area contributed by atoms with Gasteiger partial charge in [-0.05, 0) is 30.4 Å². The number of β-lactam (4-membered cyclic amide) rings is 1. The number of piperidine rings is 1. The van der Waals surface area contributed by atoms with Crippen molar-refractivity contribution >= 4 is 17.9 Å². The summed E-state index contributed by atoms with van der Waals surface area (Å²) in [7, 11) is 0. The van der Waals surface area contributed by atoms with Gasteiger partial charge in [-0.2, -0.15) is 0 Å². The summed E-state index contributed by atoms with van der Waals surface area (Å²) in [6.07, 6.45) is 1.04. The van der Waals surface area contributed by atoms with Crippen LogP contribution in [0.1, 0.15) is 30.4 Å². The highest BCUT2D eigenvalue weighted by Crippen LogP contribution is 2.18. The van der Waals surface area contributed by atoms with Crippen molar-refractivity contribution in [1.29, 1.82) is 0 Å². The Balaban J connectivity index is 1.28. The normalized spacial score (nSPS) is 22.5. The molecule has 2 aliphatic rings. The van der Waals surface area contributed by atoms with Crippen LogP contribution in [0.3, 0.4) is 0 Å². The van der Waals surface area contributed by atoms with E-state index in [-0.39, 0.29) is 18.4 Å². The van der Waals surface area contributed by atoms with Crippen LogP contribution in [0.15, 0.2) is 60.7 Å². The molecule has 0 radical (unpaired) electrons. The van der Waals surface area contributed by atoms with Crippen molar-refractivity contribution in [2.45, 2.75) is 50.8 Å². The fourth-order valence-corrected chi connectivity index (χ4v) is 3.85. The molecule has 9 nitrogen and oxygen atoms in total. The third kappa shape index (κ3) is 6.09. The van der Waals surface area contributed by atoms with Crippen LogP contribution in [-0.4, -0.2) is 47.8 Å². The number of rotatable bonds is 8. The number of benzene rings is 2. The van der Waals surface area contributed by atoms with Crippen LogP contribution in [0.25, 0.3) is 0 Å². The second kappa shape index (κ2) is 10.9. The Kier molecular flexibility index (Phi) is 7.54. The van der Waals surface area contributed by atoms with E-state index in [0.29, 0.717) is 19.6 Å². The van der Waals surface area contributed by atoms with Gasteiger partial charge in [0.2, 0.25) is 11.8 Å². The van der Waals surface area contributed by atoms with Gasteiger partial charge < -0.3 is 20.1 Å². The Labute approximate surface area is 192 Å². The second-order valence-electron chi connectivity index (χ2n) is 8.09. The summed E-state index contributed by atoms with van der Waals surface area (Å²) >= 11 is 0. The van der Waals surface area contributed by atoms with Crippen molar-refractivity contribution in [1.82, 2.24) is 21.1 Å². The zero-order valence-corrected chi connectivity index (χ0v) is 18.2. The van der Waals surface area contributed by atoms with Crippen molar-refractivity contribution in [3.8, 4) is 0 Å². The predicted molar refractivity (Wildman–Crippen MR) is 119 cm³/mol. The number of carbonyl (C=O) groups excluding carboxylic acids is 3. The molecule has 9 heteroatoms. The molecular weight excluding hydrogens is 424 g/mol. The number of carbonyl (C=O) groups is 3. The minimum absolute atomic E-state index is 0.139. The standard InChI is InChI=1S/C24H28N4O5/c29-21(25-20-22(30)26-23(20)32-15-17-9-3-1-4-10-17)19-13-7-8-14-28(19)27-24(31)33-16-18-11-5-2-6-12-18/h1-6,9-12,19-20,23H,7-8,13-16H2,(H,25,29)(H,26,30)(H,27,31)/t19?,20-,23-/m1/s1. The van der Waals surface area contributed by atoms with Crippen molar-refractivity contribution in [3.05, 3.63) is 71.8 Å². The van der Waals surface area contributed by atoms with E-state index in [4.69, 9.17) is 9.47 Å². The number of nitrogens with one attached hydrogen (secondary N) is 3. The quantitative estimate of drug-likeness (QED) is 0.528. The molecule has 33 heavy (non-hydrogen) atoms. The number of hydrogen-bond donors (Lipinski definition) is 3. The van der Waals surface area contributed by atoms with Crippen molar-refractivity contribution in [3.63, 3.8) is 0 Å². The van der Waals surface area contributed by atoms with Crippen molar-refractivity contribution in [2.24, 2.45) is 0 Å². The highest BCUT2D eigenvalue weighted by Gasteiger charge is 2.43. The van der Waals surface area contributed by atoms with Gasteiger partial charge in [-0.25, -0.2) is 9.80 Å². The molecular formula is C24H28N4O5. The number of hydrazine groups is 1. The largest absolute Gasteiger partial charge is 0.444 e. The van der Waals surface area contributed by atoms with Crippen molar-refractivity contribution in [2.75, 3.05) is 6.54 Å². The van der Waals surface area contributed by atoms with Crippen LogP contribution in [0, 0.1) is 0 Å². The molecule has 2 aromatic carbocycles. The molecule has 2 saturated heterocycles. The van der Waals surface area contributed by atoms with E-state index in [9.17, 15) is 14.4 Å². The van der Waals surface area contributed by atoms with Gasteiger partial charge in [0.15, 0.2) is 12.3 Å². The maximum atomic E-state index is 13.0. The molecule has 0 aliphatic carbocycles. The van der Waals surface area contributed by atoms with E-state index in [1.54, 1.807) is 5.01 Å². The third-order valence-electron chi connectivity index (χ3n) is 5.69. The summed E-state index contributed by atoms with van der Waals surface area (Å²) in [4.78, 5) is 37.3. The summed E-state index contributed by atoms with van der Waals surface area (Å²) < 4.78 is 11.0. The highest BCUT2D eigenvalue weighted by molar-refractivity contribution is 5.94. The first-order valence-electron chi connectivity index (χ1n) is 11.1. The molecule has 0 saturated carbocycles. The summed E-state index contributed by atoms with van der Waals surface area (Å²) in [5.74, 6) is -0.620. The molecule has 0 bridgehead atoms. The molecule has 2 aliphatic heterocycles. The second-order valence-corrected chi connectivity index (χ2v) is 8.09. The van der Waals surface area contributed by atoms with Gasteiger partial charge >= 0.3 is 6.09 Å². The van der Waals surface area contributed by atoms with E-state index in [1.807, 2.05) is 60.7 Å². The minimum atomic E-state index is -0.768. The monoisotopic (exact) mass is 452 g/mol. The lowest BCUT2D eigenvalue weighted by Gasteiger charge is -2.39. The first-order chi connectivity index (χ1) is 16.1. The average molecular weight is 453 g/mol. The summed E-state index contributed by atoms with van der Waals surface area (Å²) in [6, 6.07) is 17.6. The predicted octanol–water partition coefficient (Wildman–Crippen LogP) is 1.84. The Morgan fingerprint density at radius 2 is 1.64 bits per heavy atom. The van der Waals surface area contributed by atoms with Crippen LogP contribution >= 0.6 is 0 Å². The van der Waals surface area contributed by atoms with Crippen LogP contribution in [0.4, 0.5) is 4.79 Å². The van der Waals surface area contributed by atoms with Gasteiger partial charge in [-0.1, -0.05) is 60.7 Å². The molecule has 174 valence electrons. The van der Waals surface area contributed by atoms with Crippen LogP contribution in [0.2, 0.25) is 0 Å². The summed E-state index contributed by atoms with van der Waals surface area (Å²) in [6.45, 7) is 0.978. The van der Waals surface area contributed by atoms with E-state index >= 15 is 0 Å². The summed E-state index contributed by atoms with van der Waals surface area (Å²) in [5, 5.41) is 7.03. The van der Waals surface area contributed by atoms with Crippen LogP contribution < -0.4 is 16.1 Å². The topological polar surface area (TPSA) is 109 Å². The SMILES string of the molecule is O=C(NN1CCCCC1C(=O)N[C@@H]1C(=O)N[C@@H]1OCc1ccccc1)OCc1ccccc1. The number of nitrogens with zero attached hydrogens (tertiary/aromatic N) is 1. The zero-order valence-electron chi connectivity index (χ0n) is 18.2. The van der Waals surface area contributed by atoms with Gasteiger partial charge in [-0.3, -0.25) is 15.0 Å². The lowest BCUT2D eigenvalue weighted by molar-refractivity contribution is -0.153. The van der Waals surface area contributed by atoms with Crippen LogP contribution in [-0.2, 0) is 32.3 Å². The Morgan fingerprint density at radius 1 is 0.970 bits per heavy atom. The minimum Gasteiger partial charge on any atom is -0.444 e. The Bertz CT molecular complexity index is 956. The van der Waals surface area contributed by atoms with Gasteiger partial charge in [0, 0.05) is 6.54 Å². The molecule has 0 spiro atoms. The number of hydrogen-bond acceptors (Lipinski definition) is 6. The molecule has 2 fully saturated rings. The van der Waals surface area contributed by atoms with E-state index < -0.39 is 24.4 Å². The fraction of sp³-hybridized carbons (Fsp3) is 0.375. The average Bonchev–Trinajstić information content (AvgIpc) is 2.85. The first-order valence-corrected chi connectivity index (χ1v) is 11.1. The summed E-state index contributed by atoms with van der Waals surface area (Å²) in [5.41, 5.74) is 4.52. The Hall–Kier alpha value is -3.43. The Morgan fingerprint density at radius 3 is 2.30 bits per heavy atom. The fourth-order valence-electron chi connectivity index (χ4n) is 3.85. The van der Waals surface area contributed by atoms with Crippen molar-refractivity contribution < 1.29 is 23.9 Å².